The first-order valence-corrected chi connectivity index (χ1v) is 6.99. The van der Waals surface area contributed by atoms with E-state index in [0.717, 1.165) is 16.6 Å². The SMILES string of the molecule is Cc1ccnc(SCC[C@H]2CCCCN2)n1. The summed E-state index contributed by atoms with van der Waals surface area (Å²) in [6, 6.07) is 2.65. The molecule has 2 rings (SSSR count). The van der Waals surface area contributed by atoms with Crippen molar-refractivity contribution in [3.8, 4) is 0 Å². The number of hydrogen-bond donors (Lipinski definition) is 1. The Balaban J connectivity index is 1.71. The molecule has 0 spiro atoms. The molecule has 88 valence electrons. The van der Waals surface area contributed by atoms with E-state index < -0.39 is 0 Å². The Labute approximate surface area is 101 Å². The third-order valence-electron chi connectivity index (χ3n) is 2.88. The van der Waals surface area contributed by atoms with E-state index in [0.29, 0.717) is 6.04 Å². The molecule has 3 nitrogen and oxygen atoms in total. The molecule has 0 saturated carbocycles. The number of hydrogen-bond acceptors (Lipinski definition) is 4. The lowest BCUT2D eigenvalue weighted by Crippen LogP contribution is -2.34. The van der Waals surface area contributed by atoms with Crippen LogP contribution in [0.25, 0.3) is 0 Å². The van der Waals surface area contributed by atoms with Gasteiger partial charge in [0.25, 0.3) is 0 Å². The second kappa shape index (κ2) is 6.21. The Morgan fingerprint density at radius 1 is 1.50 bits per heavy atom. The van der Waals surface area contributed by atoms with Gasteiger partial charge in [0.05, 0.1) is 0 Å². The Bertz CT molecular complexity index is 324. The van der Waals surface area contributed by atoms with Crippen LogP contribution in [0.5, 0.6) is 0 Å². The molecule has 1 saturated heterocycles. The van der Waals surface area contributed by atoms with Crippen molar-refractivity contribution < 1.29 is 0 Å². The van der Waals surface area contributed by atoms with Gasteiger partial charge in [0, 0.05) is 23.7 Å². The summed E-state index contributed by atoms with van der Waals surface area (Å²) in [4.78, 5) is 8.64. The van der Waals surface area contributed by atoms with Gasteiger partial charge < -0.3 is 5.32 Å². The Hall–Kier alpha value is -0.610. The maximum atomic E-state index is 4.39. The molecule has 1 fully saturated rings. The molecular weight excluding hydrogens is 218 g/mol. The van der Waals surface area contributed by atoms with Crippen molar-refractivity contribution in [2.24, 2.45) is 0 Å². The van der Waals surface area contributed by atoms with Crippen LogP contribution in [-0.4, -0.2) is 28.3 Å². The molecule has 1 atom stereocenters. The largest absolute Gasteiger partial charge is 0.314 e. The molecule has 0 aliphatic carbocycles. The maximum absolute atomic E-state index is 4.39. The van der Waals surface area contributed by atoms with Crippen molar-refractivity contribution in [3.05, 3.63) is 18.0 Å². The number of rotatable bonds is 4. The average molecular weight is 237 g/mol. The lowest BCUT2D eigenvalue weighted by Gasteiger charge is -2.22. The molecule has 0 radical (unpaired) electrons. The Morgan fingerprint density at radius 3 is 3.19 bits per heavy atom. The maximum Gasteiger partial charge on any atom is 0.187 e. The van der Waals surface area contributed by atoms with Gasteiger partial charge in [0.15, 0.2) is 5.16 Å². The summed E-state index contributed by atoms with van der Waals surface area (Å²) >= 11 is 1.77. The van der Waals surface area contributed by atoms with Crippen molar-refractivity contribution >= 4 is 11.8 Å². The third kappa shape index (κ3) is 3.76. The second-order valence-electron chi connectivity index (χ2n) is 4.26. The van der Waals surface area contributed by atoms with Gasteiger partial charge in [-0.3, -0.25) is 0 Å². The molecule has 0 aromatic carbocycles. The number of aromatic nitrogens is 2. The molecule has 0 amide bonds. The quantitative estimate of drug-likeness (QED) is 0.644. The van der Waals surface area contributed by atoms with E-state index >= 15 is 0 Å². The first-order valence-electron chi connectivity index (χ1n) is 6.00. The van der Waals surface area contributed by atoms with Crippen LogP contribution in [0.2, 0.25) is 0 Å². The van der Waals surface area contributed by atoms with E-state index in [1.165, 1.54) is 32.2 Å². The highest BCUT2D eigenvalue weighted by atomic mass is 32.2. The zero-order chi connectivity index (χ0) is 11.2. The van der Waals surface area contributed by atoms with Crippen LogP contribution in [-0.2, 0) is 0 Å². The lowest BCUT2D eigenvalue weighted by molar-refractivity contribution is 0.394. The number of thioether (sulfide) groups is 1. The summed E-state index contributed by atoms with van der Waals surface area (Å²) in [7, 11) is 0. The van der Waals surface area contributed by atoms with Gasteiger partial charge in [-0.05, 0) is 38.8 Å². The van der Waals surface area contributed by atoms with Crippen molar-refractivity contribution in [2.75, 3.05) is 12.3 Å². The number of nitrogens with one attached hydrogen (secondary N) is 1. The van der Waals surface area contributed by atoms with Crippen molar-refractivity contribution in [1.29, 1.82) is 0 Å². The van der Waals surface area contributed by atoms with Gasteiger partial charge in [-0.15, -0.1) is 0 Å². The molecule has 1 N–H and O–H groups in total. The predicted octanol–water partition coefficient (Wildman–Crippen LogP) is 2.41. The summed E-state index contributed by atoms with van der Waals surface area (Å²) in [5, 5.41) is 4.48. The zero-order valence-electron chi connectivity index (χ0n) is 9.78. The number of nitrogens with zero attached hydrogens (tertiary/aromatic N) is 2. The first-order chi connectivity index (χ1) is 7.84. The van der Waals surface area contributed by atoms with Gasteiger partial charge in [0.1, 0.15) is 0 Å². The van der Waals surface area contributed by atoms with Crippen LogP contribution in [0.1, 0.15) is 31.4 Å². The second-order valence-corrected chi connectivity index (χ2v) is 5.33. The fraction of sp³-hybridized carbons (Fsp3) is 0.667. The molecule has 1 aliphatic heterocycles. The molecule has 16 heavy (non-hydrogen) atoms. The summed E-state index contributed by atoms with van der Waals surface area (Å²) < 4.78 is 0. The van der Waals surface area contributed by atoms with Crippen LogP contribution in [0.4, 0.5) is 0 Å². The number of aryl methyl sites for hydroxylation is 1. The number of piperidine rings is 1. The summed E-state index contributed by atoms with van der Waals surface area (Å²) in [6.45, 7) is 3.20. The third-order valence-corrected chi connectivity index (χ3v) is 3.78. The van der Waals surface area contributed by atoms with Gasteiger partial charge in [0.2, 0.25) is 0 Å². The van der Waals surface area contributed by atoms with E-state index in [9.17, 15) is 0 Å². The summed E-state index contributed by atoms with van der Waals surface area (Å²) in [5.41, 5.74) is 1.05. The van der Waals surface area contributed by atoms with Crippen LogP contribution >= 0.6 is 11.8 Å². The van der Waals surface area contributed by atoms with E-state index in [4.69, 9.17) is 0 Å². The first kappa shape index (κ1) is 11.9. The standard InChI is InChI=1S/C12H19N3S/c1-10-5-8-14-12(15-10)16-9-6-11-4-2-3-7-13-11/h5,8,11,13H,2-4,6-7,9H2,1H3/t11-/m1/s1. The molecule has 1 aromatic heterocycles. The van der Waals surface area contributed by atoms with Crippen molar-refractivity contribution in [1.82, 2.24) is 15.3 Å². The predicted molar refractivity (Wildman–Crippen MR) is 67.8 cm³/mol. The normalized spacial score (nSPS) is 20.9. The van der Waals surface area contributed by atoms with Crippen LogP contribution in [0.15, 0.2) is 17.4 Å². The molecule has 1 aliphatic rings. The molecule has 1 aromatic rings. The van der Waals surface area contributed by atoms with Gasteiger partial charge in [-0.25, -0.2) is 9.97 Å². The smallest absolute Gasteiger partial charge is 0.187 e. The summed E-state index contributed by atoms with van der Waals surface area (Å²) in [5.74, 6) is 1.11. The minimum absolute atomic E-state index is 0.714. The highest BCUT2D eigenvalue weighted by Crippen LogP contribution is 2.17. The Morgan fingerprint density at radius 2 is 2.44 bits per heavy atom. The lowest BCUT2D eigenvalue weighted by atomic mass is 10.0. The van der Waals surface area contributed by atoms with Crippen molar-refractivity contribution in [3.63, 3.8) is 0 Å². The molecule has 2 heterocycles. The van der Waals surface area contributed by atoms with E-state index in [-0.39, 0.29) is 0 Å². The molecular formula is C12H19N3S. The van der Waals surface area contributed by atoms with Crippen molar-refractivity contribution in [2.45, 2.75) is 43.8 Å². The average Bonchev–Trinajstić information content (AvgIpc) is 2.30. The van der Waals surface area contributed by atoms with Gasteiger partial charge >= 0.3 is 0 Å². The van der Waals surface area contributed by atoms with Gasteiger partial charge in [-0.1, -0.05) is 18.2 Å². The molecule has 4 heteroatoms. The van der Waals surface area contributed by atoms with Gasteiger partial charge in [-0.2, -0.15) is 0 Å². The minimum atomic E-state index is 0.714. The topological polar surface area (TPSA) is 37.8 Å². The highest BCUT2D eigenvalue weighted by Gasteiger charge is 2.12. The van der Waals surface area contributed by atoms with Crippen LogP contribution < -0.4 is 5.32 Å². The zero-order valence-corrected chi connectivity index (χ0v) is 10.6. The molecule has 0 unspecified atom stereocenters. The van der Waals surface area contributed by atoms with E-state index in [2.05, 4.69) is 15.3 Å². The minimum Gasteiger partial charge on any atom is -0.314 e. The van der Waals surface area contributed by atoms with E-state index in [1.54, 1.807) is 11.8 Å². The van der Waals surface area contributed by atoms with E-state index in [1.807, 2.05) is 19.2 Å². The highest BCUT2D eigenvalue weighted by molar-refractivity contribution is 7.99. The van der Waals surface area contributed by atoms with Crippen LogP contribution in [0.3, 0.4) is 0 Å². The molecule has 0 bridgehead atoms. The monoisotopic (exact) mass is 237 g/mol. The Kier molecular flexibility index (Phi) is 4.60. The fourth-order valence-electron chi connectivity index (χ4n) is 1.96. The summed E-state index contributed by atoms with van der Waals surface area (Å²) in [6.07, 6.45) is 7.11. The van der Waals surface area contributed by atoms with Crippen LogP contribution in [0, 0.1) is 6.92 Å². The fourth-order valence-corrected chi connectivity index (χ4v) is 2.89.